The van der Waals surface area contributed by atoms with Gasteiger partial charge in [-0.1, -0.05) is 36.0 Å². The minimum Gasteiger partial charge on any atom is -0.392 e. The summed E-state index contributed by atoms with van der Waals surface area (Å²) in [6.45, 7) is 0.170. The van der Waals surface area contributed by atoms with Crippen molar-refractivity contribution in [3.05, 3.63) is 58.7 Å². The van der Waals surface area contributed by atoms with E-state index in [9.17, 15) is 10.2 Å². The molecule has 0 amide bonds. The average Bonchev–Trinajstić information content (AvgIpc) is 2.43. The molecule has 0 saturated carbocycles. The molecule has 0 bridgehead atoms. The fourth-order valence-corrected chi connectivity index (χ4v) is 3.29. The Morgan fingerprint density at radius 1 is 0.833 bits per heavy atom. The molecular formula is C15H14O2S. The molecule has 0 atom stereocenters. The molecule has 1 heterocycles. The summed E-state index contributed by atoms with van der Waals surface area (Å²) in [5, 5.41) is 18.4. The fourth-order valence-electron chi connectivity index (χ4n) is 2.26. The number of aliphatic hydroxyl groups is 2. The van der Waals surface area contributed by atoms with Crippen molar-refractivity contribution in [1.29, 1.82) is 0 Å². The summed E-state index contributed by atoms with van der Waals surface area (Å²) in [7, 11) is 0. The normalized spacial score (nSPS) is 13.0. The maximum atomic E-state index is 9.18. The topological polar surface area (TPSA) is 40.5 Å². The molecule has 2 nitrogen and oxygen atoms in total. The molecule has 3 heteroatoms. The molecule has 1 aliphatic heterocycles. The Kier molecular flexibility index (Phi) is 3.12. The van der Waals surface area contributed by atoms with Crippen molar-refractivity contribution in [3.8, 4) is 0 Å². The van der Waals surface area contributed by atoms with E-state index in [4.69, 9.17) is 0 Å². The number of rotatable bonds is 2. The van der Waals surface area contributed by atoms with Gasteiger partial charge in [0.15, 0.2) is 0 Å². The zero-order chi connectivity index (χ0) is 12.5. The molecule has 0 radical (unpaired) electrons. The summed E-state index contributed by atoms with van der Waals surface area (Å²) in [5.74, 6) is 0. The van der Waals surface area contributed by atoms with Crippen molar-refractivity contribution in [2.24, 2.45) is 0 Å². The highest BCUT2D eigenvalue weighted by Crippen LogP contribution is 2.40. The van der Waals surface area contributed by atoms with Gasteiger partial charge in [0.1, 0.15) is 0 Å². The maximum absolute atomic E-state index is 9.18. The van der Waals surface area contributed by atoms with E-state index in [2.05, 4.69) is 24.3 Å². The minimum atomic E-state index is 0.0848. The molecule has 0 aliphatic carbocycles. The van der Waals surface area contributed by atoms with Crippen LogP contribution in [-0.2, 0) is 19.6 Å². The Labute approximate surface area is 110 Å². The van der Waals surface area contributed by atoms with Crippen molar-refractivity contribution in [1.82, 2.24) is 0 Å². The van der Waals surface area contributed by atoms with Gasteiger partial charge in [0.25, 0.3) is 0 Å². The predicted octanol–water partition coefficient (Wildman–Crippen LogP) is 2.73. The van der Waals surface area contributed by atoms with Crippen LogP contribution in [0.25, 0.3) is 0 Å². The number of fused-ring (bicyclic) bond motifs is 2. The molecule has 0 spiro atoms. The standard InChI is InChI=1S/C15H14O2S/c16-8-10-1-3-14-12(5-10)7-13-6-11(9-17)2-4-15(13)18-14/h1-6,16-17H,7-9H2. The predicted molar refractivity (Wildman–Crippen MR) is 71.7 cm³/mol. The maximum Gasteiger partial charge on any atom is 0.0681 e. The first-order valence-electron chi connectivity index (χ1n) is 5.93. The van der Waals surface area contributed by atoms with Crippen LogP contribution in [-0.4, -0.2) is 10.2 Å². The third kappa shape index (κ3) is 2.05. The summed E-state index contributed by atoms with van der Waals surface area (Å²) in [6.07, 6.45) is 0.874. The third-order valence-corrected chi connectivity index (χ3v) is 4.45. The molecule has 0 fully saturated rings. The highest BCUT2D eigenvalue weighted by molar-refractivity contribution is 7.99. The monoisotopic (exact) mass is 258 g/mol. The smallest absolute Gasteiger partial charge is 0.0681 e. The van der Waals surface area contributed by atoms with Crippen LogP contribution in [0.1, 0.15) is 22.3 Å². The zero-order valence-electron chi connectivity index (χ0n) is 9.89. The van der Waals surface area contributed by atoms with E-state index in [0.29, 0.717) is 0 Å². The summed E-state index contributed by atoms with van der Waals surface area (Å²) < 4.78 is 0. The van der Waals surface area contributed by atoms with Crippen LogP contribution < -0.4 is 0 Å². The molecule has 2 aromatic carbocycles. The largest absolute Gasteiger partial charge is 0.392 e. The van der Waals surface area contributed by atoms with Gasteiger partial charge in [-0.25, -0.2) is 0 Å². The lowest BCUT2D eigenvalue weighted by molar-refractivity contribution is 0.281. The molecule has 3 rings (SSSR count). The second-order valence-corrected chi connectivity index (χ2v) is 5.56. The van der Waals surface area contributed by atoms with Gasteiger partial charge in [-0.15, -0.1) is 0 Å². The van der Waals surface area contributed by atoms with E-state index in [1.807, 2.05) is 12.1 Å². The molecule has 92 valence electrons. The molecule has 1 aliphatic rings. The van der Waals surface area contributed by atoms with Crippen molar-refractivity contribution < 1.29 is 10.2 Å². The SMILES string of the molecule is OCc1ccc2c(c1)Cc1cc(CO)ccc1S2. The quantitative estimate of drug-likeness (QED) is 0.742. The van der Waals surface area contributed by atoms with E-state index < -0.39 is 0 Å². The Balaban J connectivity index is 2.01. The third-order valence-electron chi connectivity index (χ3n) is 3.22. The highest BCUT2D eigenvalue weighted by atomic mass is 32.2. The molecule has 0 unspecified atom stereocenters. The van der Waals surface area contributed by atoms with Crippen LogP contribution in [0.5, 0.6) is 0 Å². The summed E-state index contributed by atoms with van der Waals surface area (Å²) >= 11 is 1.76. The zero-order valence-corrected chi connectivity index (χ0v) is 10.7. The van der Waals surface area contributed by atoms with Gasteiger partial charge in [0.05, 0.1) is 13.2 Å². The summed E-state index contributed by atoms with van der Waals surface area (Å²) in [6, 6.07) is 12.2. The van der Waals surface area contributed by atoms with Gasteiger partial charge in [0, 0.05) is 9.79 Å². The van der Waals surface area contributed by atoms with Gasteiger partial charge in [0.2, 0.25) is 0 Å². The van der Waals surface area contributed by atoms with Gasteiger partial charge in [-0.2, -0.15) is 0 Å². The number of aliphatic hydroxyl groups excluding tert-OH is 2. The van der Waals surface area contributed by atoms with Crippen LogP contribution in [0.3, 0.4) is 0 Å². The molecule has 2 N–H and O–H groups in total. The van der Waals surface area contributed by atoms with E-state index in [-0.39, 0.29) is 13.2 Å². The van der Waals surface area contributed by atoms with Crippen LogP contribution >= 0.6 is 11.8 Å². The lowest BCUT2D eigenvalue weighted by atomic mass is 10.0. The second-order valence-electron chi connectivity index (χ2n) is 4.48. The number of hydrogen-bond donors (Lipinski definition) is 2. The molecule has 0 saturated heterocycles. The lowest BCUT2D eigenvalue weighted by Crippen LogP contribution is -2.01. The van der Waals surface area contributed by atoms with Crippen molar-refractivity contribution >= 4 is 11.8 Å². The Hall–Kier alpha value is -1.29. The van der Waals surface area contributed by atoms with Crippen LogP contribution in [0.2, 0.25) is 0 Å². The fraction of sp³-hybridized carbons (Fsp3) is 0.200. The van der Waals surface area contributed by atoms with Crippen LogP contribution in [0.4, 0.5) is 0 Å². The van der Waals surface area contributed by atoms with E-state index in [1.54, 1.807) is 11.8 Å². The number of benzene rings is 2. The number of hydrogen-bond acceptors (Lipinski definition) is 3. The first kappa shape index (κ1) is 11.8. The second kappa shape index (κ2) is 4.76. The summed E-state index contributed by atoms with van der Waals surface area (Å²) in [4.78, 5) is 2.52. The first-order valence-corrected chi connectivity index (χ1v) is 6.75. The minimum absolute atomic E-state index is 0.0848. The summed E-state index contributed by atoms with van der Waals surface area (Å²) in [5.41, 5.74) is 4.43. The molecule has 2 aromatic rings. The van der Waals surface area contributed by atoms with E-state index >= 15 is 0 Å². The van der Waals surface area contributed by atoms with E-state index in [0.717, 1.165) is 17.5 Å². The Morgan fingerprint density at radius 3 is 1.78 bits per heavy atom. The van der Waals surface area contributed by atoms with Gasteiger partial charge in [-0.3, -0.25) is 0 Å². The molecule has 0 aromatic heterocycles. The van der Waals surface area contributed by atoms with Gasteiger partial charge >= 0.3 is 0 Å². The van der Waals surface area contributed by atoms with Crippen LogP contribution in [0.15, 0.2) is 46.2 Å². The highest BCUT2D eigenvalue weighted by Gasteiger charge is 2.16. The van der Waals surface area contributed by atoms with Crippen molar-refractivity contribution in [2.75, 3.05) is 0 Å². The lowest BCUT2D eigenvalue weighted by Gasteiger charge is -2.20. The Bertz CT molecular complexity index is 542. The Morgan fingerprint density at radius 2 is 1.33 bits per heavy atom. The van der Waals surface area contributed by atoms with Gasteiger partial charge < -0.3 is 10.2 Å². The average molecular weight is 258 g/mol. The van der Waals surface area contributed by atoms with Crippen molar-refractivity contribution in [3.63, 3.8) is 0 Å². The van der Waals surface area contributed by atoms with Crippen LogP contribution in [0, 0.1) is 0 Å². The molecular weight excluding hydrogens is 244 g/mol. The van der Waals surface area contributed by atoms with E-state index in [1.165, 1.54) is 20.9 Å². The molecule has 18 heavy (non-hydrogen) atoms. The first-order chi connectivity index (χ1) is 8.80. The van der Waals surface area contributed by atoms with Gasteiger partial charge in [-0.05, 0) is 40.8 Å². The van der Waals surface area contributed by atoms with Crippen molar-refractivity contribution in [2.45, 2.75) is 29.4 Å².